The quantitative estimate of drug-likeness (QED) is 0.663. The molecule has 1 aliphatic rings. The summed E-state index contributed by atoms with van der Waals surface area (Å²) in [7, 11) is 3.57. The molecule has 2 N–H and O–H groups in total. The molecule has 0 saturated heterocycles. The van der Waals surface area contributed by atoms with Crippen LogP contribution in [0.1, 0.15) is 51.7 Å². The molecule has 5 nitrogen and oxygen atoms in total. The summed E-state index contributed by atoms with van der Waals surface area (Å²) < 4.78 is 11.3. The van der Waals surface area contributed by atoms with E-state index in [1.54, 1.807) is 14.2 Å². The average Bonchev–Trinajstić information content (AvgIpc) is 2.91. The summed E-state index contributed by atoms with van der Waals surface area (Å²) in [6.07, 6.45) is 0.964. The Morgan fingerprint density at radius 2 is 2.09 bits per heavy atom. The molecule has 1 aromatic heterocycles. The molecule has 0 amide bonds. The minimum atomic E-state index is -0.0900. The van der Waals surface area contributed by atoms with E-state index in [9.17, 15) is 0 Å². The summed E-state index contributed by atoms with van der Waals surface area (Å²) in [6, 6.07) is 4.37. The second-order valence-electron chi connectivity index (χ2n) is 6.94. The van der Waals surface area contributed by atoms with Gasteiger partial charge in [0.05, 0.1) is 11.6 Å². The molecule has 0 radical (unpaired) electrons. The topological polar surface area (TPSA) is 58.8 Å². The van der Waals surface area contributed by atoms with Crippen LogP contribution in [0.25, 0.3) is 0 Å². The van der Waals surface area contributed by atoms with E-state index in [-0.39, 0.29) is 17.1 Å². The lowest BCUT2D eigenvalue weighted by Gasteiger charge is -2.59. The molecule has 1 saturated carbocycles. The average molecular weight is 307 g/mol. The Morgan fingerprint density at radius 1 is 1.41 bits per heavy atom. The van der Waals surface area contributed by atoms with Crippen LogP contribution < -0.4 is 10.6 Å². The zero-order chi connectivity index (χ0) is 16.5. The molecular formula is C17H29N3O2. The maximum Gasteiger partial charge on any atom is 0.191 e. The highest BCUT2D eigenvalue weighted by Crippen LogP contribution is 2.51. The second kappa shape index (κ2) is 5.95. The van der Waals surface area contributed by atoms with Crippen LogP contribution in [0.4, 0.5) is 0 Å². The Labute approximate surface area is 133 Å². The third kappa shape index (κ3) is 2.86. The second-order valence-corrected chi connectivity index (χ2v) is 6.94. The minimum Gasteiger partial charge on any atom is -0.464 e. The number of methoxy groups -OCH3 is 1. The first-order valence-electron chi connectivity index (χ1n) is 7.85. The first kappa shape index (κ1) is 16.9. The van der Waals surface area contributed by atoms with Crippen LogP contribution in [-0.2, 0) is 4.74 Å². The van der Waals surface area contributed by atoms with Gasteiger partial charge in [-0.1, -0.05) is 13.8 Å². The van der Waals surface area contributed by atoms with Crippen LogP contribution in [0.15, 0.2) is 21.5 Å². The van der Waals surface area contributed by atoms with E-state index in [4.69, 9.17) is 9.15 Å². The Balaban J connectivity index is 1.97. The van der Waals surface area contributed by atoms with Crippen LogP contribution in [0.3, 0.4) is 0 Å². The van der Waals surface area contributed by atoms with Gasteiger partial charge in [0.2, 0.25) is 0 Å². The van der Waals surface area contributed by atoms with E-state index in [0.717, 1.165) is 23.9 Å². The van der Waals surface area contributed by atoms with Gasteiger partial charge in [-0.25, -0.2) is 0 Å². The molecule has 0 aromatic carbocycles. The highest BCUT2D eigenvalue weighted by atomic mass is 16.5. The molecule has 0 spiro atoms. The summed E-state index contributed by atoms with van der Waals surface area (Å²) in [4.78, 5) is 4.33. The molecule has 1 aromatic rings. The van der Waals surface area contributed by atoms with E-state index < -0.39 is 0 Å². The van der Waals surface area contributed by atoms with Crippen molar-refractivity contribution in [3.05, 3.63) is 23.7 Å². The zero-order valence-corrected chi connectivity index (χ0v) is 14.8. The summed E-state index contributed by atoms with van der Waals surface area (Å²) in [5.74, 6) is 2.62. The van der Waals surface area contributed by atoms with Gasteiger partial charge in [-0.2, -0.15) is 0 Å². The maximum atomic E-state index is 5.67. The van der Waals surface area contributed by atoms with Crippen LogP contribution in [0, 0.1) is 12.3 Å². The lowest BCUT2D eigenvalue weighted by molar-refractivity contribution is -0.176. The number of rotatable bonds is 4. The van der Waals surface area contributed by atoms with Gasteiger partial charge >= 0.3 is 0 Å². The third-order valence-electron chi connectivity index (χ3n) is 5.35. The molecule has 1 aliphatic carbocycles. The van der Waals surface area contributed by atoms with Crippen LogP contribution in [-0.4, -0.2) is 31.8 Å². The molecule has 5 heteroatoms. The van der Waals surface area contributed by atoms with E-state index in [1.807, 2.05) is 19.1 Å². The monoisotopic (exact) mass is 307 g/mol. The van der Waals surface area contributed by atoms with E-state index in [2.05, 4.69) is 43.3 Å². The van der Waals surface area contributed by atoms with Crippen molar-refractivity contribution in [3.63, 3.8) is 0 Å². The number of nitrogens with one attached hydrogen (secondary N) is 2. The van der Waals surface area contributed by atoms with Gasteiger partial charge in [0.25, 0.3) is 0 Å². The summed E-state index contributed by atoms with van der Waals surface area (Å²) in [5.41, 5.74) is -0.0445. The zero-order valence-electron chi connectivity index (χ0n) is 14.8. The Morgan fingerprint density at radius 3 is 2.55 bits per heavy atom. The predicted molar refractivity (Wildman–Crippen MR) is 89.1 cm³/mol. The van der Waals surface area contributed by atoms with Gasteiger partial charge < -0.3 is 19.8 Å². The number of guanidine groups is 1. The molecule has 3 atom stereocenters. The molecule has 124 valence electrons. The fraction of sp³-hybridized carbons (Fsp3) is 0.706. The number of hydrogen-bond acceptors (Lipinski definition) is 3. The smallest absolute Gasteiger partial charge is 0.191 e. The van der Waals surface area contributed by atoms with Crippen molar-refractivity contribution in [2.75, 3.05) is 14.2 Å². The molecule has 1 fully saturated rings. The Hall–Kier alpha value is -1.49. The molecule has 1 heterocycles. The van der Waals surface area contributed by atoms with Gasteiger partial charge in [-0.3, -0.25) is 4.99 Å². The maximum absolute atomic E-state index is 5.67. The highest BCUT2D eigenvalue weighted by Gasteiger charge is 2.58. The van der Waals surface area contributed by atoms with Crippen molar-refractivity contribution >= 4 is 5.96 Å². The number of nitrogens with zero attached hydrogens (tertiary/aromatic N) is 1. The minimum absolute atomic E-state index is 0.0455. The number of ether oxygens (including phenoxy) is 1. The number of hydrogen-bond donors (Lipinski definition) is 2. The number of aliphatic imine (C=N–C) groups is 1. The fourth-order valence-corrected chi connectivity index (χ4v) is 3.02. The standard InChI is InChI=1S/C17H29N3O2/c1-11-8-9-13(22-11)12(2)19-15(18-6)20-14-10-17(5,21-7)16(14,3)4/h8-9,12,14H,10H2,1-7H3,(H2,18,19,20). The molecule has 3 unspecified atom stereocenters. The van der Waals surface area contributed by atoms with Gasteiger partial charge in [0, 0.05) is 25.6 Å². The van der Waals surface area contributed by atoms with Crippen molar-refractivity contribution in [3.8, 4) is 0 Å². The first-order valence-corrected chi connectivity index (χ1v) is 7.85. The fourth-order valence-electron chi connectivity index (χ4n) is 3.02. The Kier molecular flexibility index (Phi) is 4.57. The normalized spacial score (nSPS) is 28.9. The highest BCUT2D eigenvalue weighted by molar-refractivity contribution is 5.80. The summed E-state index contributed by atoms with van der Waals surface area (Å²) in [6.45, 7) is 10.6. The number of aryl methyl sites for hydroxylation is 1. The van der Waals surface area contributed by atoms with Crippen LogP contribution in [0.5, 0.6) is 0 Å². The van der Waals surface area contributed by atoms with E-state index >= 15 is 0 Å². The molecule has 0 aliphatic heterocycles. The van der Waals surface area contributed by atoms with Crippen molar-refractivity contribution in [2.45, 2.75) is 58.7 Å². The van der Waals surface area contributed by atoms with Crippen molar-refractivity contribution in [1.29, 1.82) is 0 Å². The van der Waals surface area contributed by atoms with Crippen molar-refractivity contribution in [2.24, 2.45) is 10.4 Å². The van der Waals surface area contributed by atoms with E-state index in [0.29, 0.717) is 6.04 Å². The molecule has 2 rings (SSSR count). The van der Waals surface area contributed by atoms with Gasteiger partial charge in [0.1, 0.15) is 11.5 Å². The first-order chi connectivity index (χ1) is 10.2. The van der Waals surface area contributed by atoms with Gasteiger partial charge in [0.15, 0.2) is 5.96 Å². The van der Waals surface area contributed by atoms with Gasteiger partial charge in [-0.15, -0.1) is 0 Å². The largest absolute Gasteiger partial charge is 0.464 e. The lowest BCUT2D eigenvalue weighted by atomic mass is 9.56. The van der Waals surface area contributed by atoms with E-state index in [1.165, 1.54) is 0 Å². The van der Waals surface area contributed by atoms with Crippen LogP contribution in [0.2, 0.25) is 0 Å². The molecular weight excluding hydrogens is 278 g/mol. The summed E-state index contributed by atoms with van der Waals surface area (Å²) in [5, 5.41) is 6.89. The molecule has 22 heavy (non-hydrogen) atoms. The van der Waals surface area contributed by atoms with Crippen molar-refractivity contribution in [1.82, 2.24) is 10.6 Å². The number of furan rings is 1. The predicted octanol–water partition coefficient (Wildman–Crippen LogP) is 3.02. The Bertz CT molecular complexity index is 550. The van der Waals surface area contributed by atoms with Crippen molar-refractivity contribution < 1.29 is 9.15 Å². The lowest BCUT2D eigenvalue weighted by Crippen LogP contribution is -2.69. The summed E-state index contributed by atoms with van der Waals surface area (Å²) >= 11 is 0. The third-order valence-corrected chi connectivity index (χ3v) is 5.35. The molecule has 0 bridgehead atoms. The van der Waals surface area contributed by atoms with Gasteiger partial charge in [-0.05, 0) is 39.3 Å². The van der Waals surface area contributed by atoms with Crippen LogP contribution >= 0.6 is 0 Å². The SMILES string of the molecule is CN=C(NC(C)c1ccc(C)o1)NC1CC(C)(OC)C1(C)C.